The van der Waals surface area contributed by atoms with E-state index in [1.54, 1.807) is 31.4 Å². The van der Waals surface area contributed by atoms with E-state index in [0.29, 0.717) is 27.1 Å². The first-order valence-electron chi connectivity index (χ1n) is 11.1. The standard InChI is InChI=1S/C26H27ClN2O3S/c1-32-21-9-6-18(7-10-21)4-5-19-12-14-29(15-13-19)26(31)20-8-11-22(27)23(17-20)28-25(30)24-3-2-16-33-24/h2-3,6-11,16-17,19H,4-5,12-15H2,1H3,(H,28,30). The van der Waals surface area contributed by atoms with Crippen LogP contribution < -0.4 is 10.1 Å². The van der Waals surface area contributed by atoms with Gasteiger partial charge < -0.3 is 15.0 Å². The summed E-state index contributed by atoms with van der Waals surface area (Å²) in [7, 11) is 1.68. The number of rotatable bonds is 7. The molecule has 2 aromatic carbocycles. The Bertz CT molecular complexity index is 1090. The SMILES string of the molecule is COc1ccc(CCC2CCN(C(=O)c3ccc(Cl)c(NC(=O)c4cccs4)c3)CC2)cc1. The Hall–Kier alpha value is -2.83. The molecule has 172 valence electrons. The molecule has 7 heteroatoms. The molecule has 1 saturated heterocycles. The number of thiophene rings is 1. The van der Waals surface area contributed by atoms with Crippen molar-refractivity contribution in [2.24, 2.45) is 5.92 Å². The van der Waals surface area contributed by atoms with Crippen LogP contribution in [-0.4, -0.2) is 36.9 Å². The van der Waals surface area contributed by atoms with Gasteiger partial charge in [0.25, 0.3) is 11.8 Å². The van der Waals surface area contributed by atoms with E-state index in [4.69, 9.17) is 16.3 Å². The van der Waals surface area contributed by atoms with Crippen molar-refractivity contribution in [2.45, 2.75) is 25.7 Å². The van der Waals surface area contributed by atoms with Crippen LogP contribution in [0.2, 0.25) is 5.02 Å². The molecule has 2 amide bonds. The first-order chi connectivity index (χ1) is 16.0. The number of anilines is 1. The van der Waals surface area contributed by atoms with Crippen molar-refractivity contribution in [1.29, 1.82) is 0 Å². The zero-order valence-corrected chi connectivity index (χ0v) is 20.1. The van der Waals surface area contributed by atoms with Crippen molar-refractivity contribution < 1.29 is 14.3 Å². The van der Waals surface area contributed by atoms with Crippen molar-refractivity contribution >= 4 is 40.4 Å². The molecule has 1 aromatic heterocycles. The number of nitrogens with zero attached hydrogens (tertiary/aromatic N) is 1. The second kappa shape index (κ2) is 10.9. The van der Waals surface area contributed by atoms with E-state index < -0.39 is 0 Å². The average molecular weight is 483 g/mol. The van der Waals surface area contributed by atoms with Crippen molar-refractivity contribution in [3.8, 4) is 5.75 Å². The minimum Gasteiger partial charge on any atom is -0.497 e. The molecule has 0 aliphatic carbocycles. The number of hydrogen-bond acceptors (Lipinski definition) is 4. The first-order valence-corrected chi connectivity index (χ1v) is 12.4. The number of benzene rings is 2. The van der Waals surface area contributed by atoms with Crippen molar-refractivity contribution in [3.63, 3.8) is 0 Å². The van der Waals surface area contributed by atoms with E-state index in [2.05, 4.69) is 17.4 Å². The fourth-order valence-corrected chi connectivity index (χ4v) is 4.90. The quantitative estimate of drug-likeness (QED) is 0.439. The number of hydrogen-bond donors (Lipinski definition) is 1. The van der Waals surface area contributed by atoms with Gasteiger partial charge in [-0.1, -0.05) is 29.8 Å². The Balaban J connectivity index is 1.31. The monoisotopic (exact) mass is 482 g/mol. The van der Waals surface area contributed by atoms with E-state index in [-0.39, 0.29) is 11.8 Å². The molecule has 0 saturated carbocycles. The van der Waals surface area contributed by atoms with E-state index in [1.807, 2.05) is 28.5 Å². The average Bonchev–Trinajstić information content (AvgIpc) is 3.40. The molecule has 3 aromatic rings. The summed E-state index contributed by atoms with van der Waals surface area (Å²) >= 11 is 7.63. The summed E-state index contributed by atoms with van der Waals surface area (Å²) in [5.41, 5.74) is 2.31. The molecule has 1 fully saturated rings. The van der Waals surface area contributed by atoms with Gasteiger partial charge in [0.05, 0.1) is 22.7 Å². The van der Waals surface area contributed by atoms with Gasteiger partial charge in [-0.25, -0.2) is 0 Å². The lowest BCUT2D eigenvalue weighted by Crippen LogP contribution is -2.38. The number of piperidine rings is 1. The fourth-order valence-electron chi connectivity index (χ4n) is 4.12. The molecule has 33 heavy (non-hydrogen) atoms. The zero-order chi connectivity index (χ0) is 23.2. The molecule has 4 rings (SSSR count). The van der Waals surface area contributed by atoms with Crippen molar-refractivity contribution in [3.05, 3.63) is 81.0 Å². The van der Waals surface area contributed by atoms with Gasteiger partial charge in [0.2, 0.25) is 0 Å². The van der Waals surface area contributed by atoms with Crippen molar-refractivity contribution in [1.82, 2.24) is 4.90 Å². The third-order valence-corrected chi connectivity index (χ3v) is 7.31. The van der Waals surface area contributed by atoms with Gasteiger partial charge in [0, 0.05) is 18.7 Å². The largest absolute Gasteiger partial charge is 0.497 e. The number of carbonyl (C=O) groups is 2. The number of likely N-dealkylation sites (tertiary alicyclic amines) is 1. The molecular formula is C26H27ClN2O3S. The van der Waals surface area contributed by atoms with E-state index >= 15 is 0 Å². The fraction of sp³-hybridized carbons (Fsp3) is 0.308. The number of halogens is 1. The van der Waals surface area contributed by atoms with Crippen LogP contribution in [0, 0.1) is 5.92 Å². The predicted octanol–water partition coefficient (Wildman–Crippen LogP) is 6.15. The summed E-state index contributed by atoms with van der Waals surface area (Å²) in [6, 6.07) is 16.9. The molecule has 0 radical (unpaired) electrons. The van der Waals surface area contributed by atoms with Crippen LogP contribution in [0.5, 0.6) is 5.75 Å². The van der Waals surface area contributed by atoms with Crippen molar-refractivity contribution in [2.75, 3.05) is 25.5 Å². The highest BCUT2D eigenvalue weighted by atomic mass is 35.5. The molecule has 1 aliphatic rings. The zero-order valence-electron chi connectivity index (χ0n) is 18.6. The van der Waals surface area contributed by atoms with Crippen LogP contribution in [0.4, 0.5) is 5.69 Å². The highest BCUT2D eigenvalue weighted by molar-refractivity contribution is 7.12. The minimum atomic E-state index is -0.228. The van der Waals surface area contributed by atoms with Gasteiger partial charge in [-0.15, -0.1) is 11.3 Å². The topological polar surface area (TPSA) is 58.6 Å². The van der Waals surface area contributed by atoms with Crippen LogP contribution in [0.3, 0.4) is 0 Å². The maximum Gasteiger partial charge on any atom is 0.265 e. The first kappa shape index (κ1) is 23.3. The summed E-state index contributed by atoms with van der Waals surface area (Å²) in [5.74, 6) is 1.24. The highest BCUT2D eigenvalue weighted by Crippen LogP contribution is 2.27. The van der Waals surface area contributed by atoms with Gasteiger partial charge >= 0.3 is 0 Å². The Labute approximate surface area is 203 Å². The number of amides is 2. The summed E-state index contributed by atoms with van der Waals surface area (Å²) in [6.07, 6.45) is 4.15. The Morgan fingerprint density at radius 1 is 1.12 bits per heavy atom. The highest BCUT2D eigenvalue weighted by Gasteiger charge is 2.24. The van der Waals surface area contributed by atoms with Crippen LogP contribution in [0.1, 0.15) is 44.9 Å². The number of carbonyl (C=O) groups excluding carboxylic acids is 2. The normalized spacial score (nSPS) is 14.2. The lowest BCUT2D eigenvalue weighted by Gasteiger charge is -2.32. The molecule has 5 nitrogen and oxygen atoms in total. The molecule has 0 bridgehead atoms. The maximum atomic E-state index is 13.1. The van der Waals surface area contributed by atoms with E-state index in [0.717, 1.165) is 44.5 Å². The number of aryl methyl sites for hydroxylation is 1. The van der Waals surface area contributed by atoms with Crippen LogP contribution in [0.15, 0.2) is 60.0 Å². The van der Waals surface area contributed by atoms with Gasteiger partial charge in [-0.2, -0.15) is 0 Å². The Kier molecular flexibility index (Phi) is 7.68. The maximum absolute atomic E-state index is 13.1. The molecule has 0 spiro atoms. The van der Waals surface area contributed by atoms with Crippen LogP contribution >= 0.6 is 22.9 Å². The number of ether oxygens (including phenoxy) is 1. The van der Waals surface area contributed by atoms with E-state index in [9.17, 15) is 9.59 Å². The lowest BCUT2D eigenvalue weighted by atomic mass is 9.90. The van der Waals surface area contributed by atoms with Gasteiger partial charge in [-0.3, -0.25) is 9.59 Å². The summed E-state index contributed by atoms with van der Waals surface area (Å²) in [5, 5.41) is 5.07. The second-order valence-electron chi connectivity index (χ2n) is 8.25. The van der Waals surface area contributed by atoms with Gasteiger partial charge in [0.15, 0.2) is 0 Å². The number of nitrogens with one attached hydrogen (secondary N) is 1. The van der Waals surface area contributed by atoms with Gasteiger partial charge in [0.1, 0.15) is 5.75 Å². The third-order valence-electron chi connectivity index (χ3n) is 6.11. The van der Waals surface area contributed by atoms with Gasteiger partial charge in [-0.05, 0) is 78.9 Å². The minimum absolute atomic E-state index is 0.0214. The molecule has 0 atom stereocenters. The smallest absolute Gasteiger partial charge is 0.265 e. The van der Waals surface area contributed by atoms with Crippen LogP contribution in [0.25, 0.3) is 0 Å². The third kappa shape index (κ3) is 5.95. The number of methoxy groups -OCH3 is 1. The molecule has 2 heterocycles. The molecular weight excluding hydrogens is 456 g/mol. The Morgan fingerprint density at radius 3 is 2.55 bits per heavy atom. The molecule has 1 aliphatic heterocycles. The molecule has 0 unspecified atom stereocenters. The predicted molar refractivity (Wildman–Crippen MR) is 134 cm³/mol. The van der Waals surface area contributed by atoms with Crippen LogP contribution in [-0.2, 0) is 6.42 Å². The molecule has 1 N–H and O–H groups in total. The summed E-state index contributed by atoms with van der Waals surface area (Å²) in [4.78, 5) is 28.0. The Morgan fingerprint density at radius 2 is 1.88 bits per heavy atom. The lowest BCUT2D eigenvalue weighted by molar-refractivity contribution is 0.0686. The summed E-state index contributed by atoms with van der Waals surface area (Å²) < 4.78 is 5.22. The van der Waals surface area contributed by atoms with E-state index in [1.165, 1.54) is 16.9 Å². The second-order valence-corrected chi connectivity index (χ2v) is 9.60. The summed E-state index contributed by atoms with van der Waals surface area (Å²) in [6.45, 7) is 1.48.